The number of rotatable bonds is 3. The zero-order valence-corrected chi connectivity index (χ0v) is 12.5. The van der Waals surface area contributed by atoms with E-state index in [1.165, 1.54) is 12.1 Å². The fourth-order valence-electron chi connectivity index (χ4n) is 2.74. The predicted molar refractivity (Wildman–Crippen MR) is 80.6 cm³/mol. The van der Waals surface area contributed by atoms with Crippen LogP contribution in [0.25, 0.3) is 0 Å². The summed E-state index contributed by atoms with van der Waals surface area (Å²) in [5.41, 5.74) is 0.833. The van der Waals surface area contributed by atoms with E-state index in [-0.39, 0.29) is 17.8 Å². The highest BCUT2D eigenvalue weighted by atomic mass is 19.1. The monoisotopic (exact) mass is 302 g/mol. The molecule has 0 spiro atoms. The number of H-pyrrole nitrogens is 1. The molecule has 1 aromatic heterocycles. The average Bonchev–Trinajstić information content (AvgIpc) is 3.04. The van der Waals surface area contributed by atoms with Gasteiger partial charge in [0.25, 0.3) is 0 Å². The molecule has 1 amide bonds. The lowest BCUT2D eigenvalue weighted by molar-refractivity contribution is -0.133. The normalized spacial score (nSPS) is 19.4. The molecule has 1 N–H and O–H groups in total. The maximum atomic E-state index is 12.9. The number of benzene rings is 1. The van der Waals surface area contributed by atoms with Gasteiger partial charge in [-0.15, -0.1) is 0 Å². The minimum atomic E-state index is -0.284. The summed E-state index contributed by atoms with van der Waals surface area (Å²) < 4.78 is 12.9. The van der Waals surface area contributed by atoms with Gasteiger partial charge in [0.1, 0.15) is 11.6 Å². The summed E-state index contributed by atoms with van der Waals surface area (Å²) in [6.07, 6.45) is 3.82. The van der Waals surface area contributed by atoms with Crippen LogP contribution in [-0.4, -0.2) is 52.4 Å². The van der Waals surface area contributed by atoms with Gasteiger partial charge in [0, 0.05) is 32.0 Å². The summed E-state index contributed by atoms with van der Waals surface area (Å²) in [6.45, 7) is 2.12. The highest BCUT2D eigenvalue weighted by Gasteiger charge is 2.29. The lowest BCUT2D eigenvalue weighted by Crippen LogP contribution is -2.49. The molecule has 0 aliphatic carbocycles. The van der Waals surface area contributed by atoms with Crippen molar-refractivity contribution < 1.29 is 9.18 Å². The molecule has 2 heterocycles. The van der Waals surface area contributed by atoms with Crippen LogP contribution in [0.15, 0.2) is 36.7 Å². The Morgan fingerprint density at radius 1 is 1.36 bits per heavy atom. The van der Waals surface area contributed by atoms with Gasteiger partial charge in [0.2, 0.25) is 5.91 Å². The third-order valence-corrected chi connectivity index (χ3v) is 4.10. The molecule has 1 aromatic carbocycles. The van der Waals surface area contributed by atoms with Crippen molar-refractivity contribution in [2.45, 2.75) is 12.5 Å². The zero-order chi connectivity index (χ0) is 15.5. The van der Waals surface area contributed by atoms with Crippen LogP contribution in [0.3, 0.4) is 0 Å². The maximum Gasteiger partial charge on any atom is 0.227 e. The third-order valence-electron chi connectivity index (χ3n) is 4.10. The van der Waals surface area contributed by atoms with Crippen molar-refractivity contribution in [1.82, 2.24) is 19.8 Å². The van der Waals surface area contributed by atoms with Crippen molar-refractivity contribution in [1.29, 1.82) is 0 Å². The topological polar surface area (TPSA) is 52.2 Å². The van der Waals surface area contributed by atoms with Crippen LogP contribution in [0.5, 0.6) is 0 Å². The summed E-state index contributed by atoms with van der Waals surface area (Å²) in [5.74, 6) is 0.659. The van der Waals surface area contributed by atoms with Crippen molar-refractivity contribution in [2.75, 3.05) is 26.7 Å². The van der Waals surface area contributed by atoms with E-state index >= 15 is 0 Å². The van der Waals surface area contributed by atoms with E-state index in [1.807, 2.05) is 11.9 Å². The van der Waals surface area contributed by atoms with Gasteiger partial charge in [0.15, 0.2) is 0 Å². The molecule has 1 saturated heterocycles. The summed E-state index contributed by atoms with van der Waals surface area (Å²) >= 11 is 0. The molecule has 3 rings (SSSR count). The minimum Gasteiger partial charge on any atom is -0.347 e. The lowest BCUT2D eigenvalue weighted by atomic mass is 10.1. The standard InChI is InChI=1S/C16H19FN4O/c1-20-8-9-21(11-14(20)16-18-6-7-19-16)15(22)10-12-2-4-13(17)5-3-12/h2-7,14H,8-11H2,1H3,(H,18,19)/t14-/m1/s1. The van der Waals surface area contributed by atoms with E-state index < -0.39 is 0 Å². The van der Waals surface area contributed by atoms with Crippen molar-refractivity contribution >= 4 is 5.91 Å². The van der Waals surface area contributed by atoms with Crippen LogP contribution in [0, 0.1) is 5.82 Å². The number of amides is 1. The fourth-order valence-corrected chi connectivity index (χ4v) is 2.74. The first kappa shape index (κ1) is 14.7. The Hall–Kier alpha value is -2.21. The molecule has 1 aliphatic heterocycles. The van der Waals surface area contributed by atoms with Gasteiger partial charge in [-0.25, -0.2) is 9.37 Å². The van der Waals surface area contributed by atoms with Crippen LogP contribution < -0.4 is 0 Å². The Balaban J connectivity index is 1.66. The lowest BCUT2D eigenvalue weighted by Gasteiger charge is -2.38. The number of carbonyl (C=O) groups excluding carboxylic acids is 1. The number of nitrogens with zero attached hydrogens (tertiary/aromatic N) is 3. The Labute approximate surface area is 128 Å². The molecular weight excluding hydrogens is 283 g/mol. The van der Waals surface area contributed by atoms with Gasteiger partial charge >= 0.3 is 0 Å². The van der Waals surface area contributed by atoms with Gasteiger partial charge < -0.3 is 9.88 Å². The van der Waals surface area contributed by atoms with Crippen LogP contribution in [0.1, 0.15) is 17.4 Å². The molecule has 5 nitrogen and oxygen atoms in total. The molecule has 1 fully saturated rings. The molecule has 6 heteroatoms. The van der Waals surface area contributed by atoms with Gasteiger partial charge in [-0.3, -0.25) is 9.69 Å². The SMILES string of the molecule is CN1CCN(C(=O)Cc2ccc(F)cc2)C[C@@H]1c1ncc[nH]1. The molecular formula is C16H19FN4O. The average molecular weight is 302 g/mol. The van der Waals surface area contributed by atoms with E-state index in [1.54, 1.807) is 24.5 Å². The zero-order valence-electron chi connectivity index (χ0n) is 12.5. The first-order valence-electron chi connectivity index (χ1n) is 7.35. The minimum absolute atomic E-state index is 0.0660. The number of aromatic amines is 1. The molecule has 1 aliphatic rings. The molecule has 0 bridgehead atoms. The molecule has 1 atom stereocenters. The number of carbonyl (C=O) groups is 1. The van der Waals surface area contributed by atoms with Crippen LogP contribution in [0.4, 0.5) is 4.39 Å². The quantitative estimate of drug-likeness (QED) is 0.937. The summed E-state index contributed by atoms with van der Waals surface area (Å²) in [6, 6.07) is 6.18. The van der Waals surface area contributed by atoms with Gasteiger partial charge in [-0.1, -0.05) is 12.1 Å². The summed E-state index contributed by atoms with van der Waals surface area (Å²) in [5, 5.41) is 0. The van der Waals surface area contributed by atoms with E-state index in [0.717, 1.165) is 17.9 Å². The van der Waals surface area contributed by atoms with Crippen molar-refractivity contribution in [2.24, 2.45) is 0 Å². The van der Waals surface area contributed by atoms with E-state index in [9.17, 15) is 9.18 Å². The molecule has 22 heavy (non-hydrogen) atoms. The Morgan fingerprint density at radius 3 is 2.82 bits per heavy atom. The van der Waals surface area contributed by atoms with E-state index in [2.05, 4.69) is 14.9 Å². The third kappa shape index (κ3) is 3.17. The first-order chi connectivity index (χ1) is 10.6. The van der Waals surface area contributed by atoms with Crippen LogP contribution >= 0.6 is 0 Å². The van der Waals surface area contributed by atoms with Crippen LogP contribution in [0.2, 0.25) is 0 Å². The summed E-state index contributed by atoms with van der Waals surface area (Å²) in [7, 11) is 2.04. The molecule has 116 valence electrons. The van der Waals surface area contributed by atoms with Crippen molar-refractivity contribution in [3.63, 3.8) is 0 Å². The Bertz CT molecular complexity index is 626. The number of halogens is 1. The first-order valence-corrected chi connectivity index (χ1v) is 7.35. The number of hydrogen-bond donors (Lipinski definition) is 1. The number of piperazine rings is 1. The summed E-state index contributed by atoms with van der Waals surface area (Å²) in [4.78, 5) is 23.9. The number of nitrogens with one attached hydrogen (secondary N) is 1. The largest absolute Gasteiger partial charge is 0.347 e. The second-order valence-electron chi connectivity index (χ2n) is 5.61. The number of aromatic nitrogens is 2. The second-order valence-corrected chi connectivity index (χ2v) is 5.61. The fraction of sp³-hybridized carbons (Fsp3) is 0.375. The number of imidazole rings is 1. The highest BCUT2D eigenvalue weighted by molar-refractivity contribution is 5.79. The van der Waals surface area contributed by atoms with E-state index in [0.29, 0.717) is 19.5 Å². The van der Waals surface area contributed by atoms with Crippen molar-refractivity contribution in [3.05, 3.63) is 53.9 Å². The smallest absolute Gasteiger partial charge is 0.227 e. The predicted octanol–water partition coefficient (Wildman–Crippen LogP) is 1.61. The molecule has 0 unspecified atom stereocenters. The number of likely N-dealkylation sites (N-methyl/N-ethyl adjacent to an activating group) is 1. The number of hydrogen-bond acceptors (Lipinski definition) is 3. The van der Waals surface area contributed by atoms with Crippen LogP contribution in [-0.2, 0) is 11.2 Å². The van der Waals surface area contributed by atoms with Crippen molar-refractivity contribution in [3.8, 4) is 0 Å². The van der Waals surface area contributed by atoms with Gasteiger partial charge in [0.05, 0.1) is 12.5 Å². The Kier molecular flexibility index (Phi) is 4.20. The second kappa shape index (κ2) is 6.27. The highest BCUT2D eigenvalue weighted by Crippen LogP contribution is 2.21. The molecule has 0 radical (unpaired) electrons. The maximum absolute atomic E-state index is 12.9. The molecule has 2 aromatic rings. The van der Waals surface area contributed by atoms with Gasteiger partial charge in [-0.2, -0.15) is 0 Å². The van der Waals surface area contributed by atoms with E-state index in [4.69, 9.17) is 0 Å². The van der Waals surface area contributed by atoms with Gasteiger partial charge in [-0.05, 0) is 24.7 Å². The molecule has 0 saturated carbocycles. The Morgan fingerprint density at radius 2 is 2.14 bits per heavy atom.